The number of imidazole rings is 1. The predicted molar refractivity (Wildman–Crippen MR) is 94.5 cm³/mol. The van der Waals surface area contributed by atoms with E-state index in [-0.39, 0.29) is 11.9 Å². The lowest BCUT2D eigenvalue weighted by Gasteiger charge is -2.34. The Morgan fingerprint density at radius 2 is 2.24 bits per heavy atom. The Morgan fingerprint density at radius 3 is 3.00 bits per heavy atom. The van der Waals surface area contributed by atoms with Gasteiger partial charge in [0.25, 0.3) is 5.91 Å². The molecule has 0 radical (unpaired) electrons. The number of piperidine rings is 1. The van der Waals surface area contributed by atoms with Crippen LogP contribution in [0.1, 0.15) is 41.5 Å². The first-order valence-electron chi connectivity index (χ1n) is 8.69. The van der Waals surface area contributed by atoms with Crippen molar-refractivity contribution < 1.29 is 9.53 Å². The summed E-state index contributed by atoms with van der Waals surface area (Å²) in [6.45, 7) is 2.08. The average Bonchev–Trinajstić information content (AvgIpc) is 3.15. The first-order chi connectivity index (χ1) is 12.1. The summed E-state index contributed by atoms with van der Waals surface area (Å²) in [5.74, 6) is 1.34. The number of ether oxygens (including phenoxy) is 1. The van der Waals surface area contributed by atoms with E-state index in [2.05, 4.69) is 15.0 Å². The number of likely N-dealkylation sites (tertiary alicyclic amines) is 1. The minimum absolute atomic E-state index is 0.000889. The molecule has 1 fully saturated rings. The summed E-state index contributed by atoms with van der Waals surface area (Å²) in [6, 6.07) is 3.48. The van der Waals surface area contributed by atoms with E-state index < -0.39 is 0 Å². The molecule has 1 aliphatic rings. The molecule has 0 saturated carbocycles. The van der Waals surface area contributed by atoms with Gasteiger partial charge in [-0.3, -0.25) is 4.79 Å². The van der Waals surface area contributed by atoms with Crippen LogP contribution in [-0.2, 0) is 0 Å². The van der Waals surface area contributed by atoms with Crippen LogP contribution in [0.3, 0.4) is 0 Å². The third-order valence-corrected chi connectivity index (χ3v) is 4.37. The zero-order valence-electron chi connectivity index (χ0n) is 14.8. The van der Waals surface area contributed by atoms with E-state index in [1.807, 2.05) is 23.9 Å². The quantitative estimate of drug-likeness (QED) is 0.869. The van der Waals surface area contributed by atoms with Gasteiger partial charge in [-0.05, 0) is 39.4 Å². The maximum Gasteiger partial charge on any atom is 0.254 e. The molecule has 3 heterocycles. The van der Waals surface area contributed by atoms with Crippen LogP contribution in [0.2, 0.25) is 0 Å². The van der Waals surface area contributed by atoms with Gasteiger partial charge in [0.05, 0.1) is 6.04 Å². The van der Waals surface area contributed by atoms with Crippen molar-refractivity contribution in [1.82, 2.24) is 24.8 Å². The molecule has 134 valence electrons. The van der Waals surface area contributed by atoms with Crippen LogP contribution in [0.5, 0.6) is 5.88 Å². The molecule has 0 bridgehead atoms. The second-order valence-electron chi connectivity index (χ2n) is 6.52. The van der Waals surface area contributed by atoms with Gasteiger partial charge >= 0.3 is 0 Å². The molecule has 25 heavy (non-hydrogen) atoms. The molecule has 0 unspecified atom stereocenters. The highest BCUT2D eigenvalue weighted by molar-refractivity contribution is 5.94. The SMILES string of the molecule is CN(C)CCOc1cc(C(=O)N2CCCC[C@@H]2c2ncc[nH]2)ccn1. The number of aromatic amines is 1. The average molecular weight is 343 g/mol. The molecule has 1 amide bonds. The van der Waals surface area contributed by atoms with Crippen molar-refractivity contribution in [2.75, 3.05) is 33.8 Å². The van der Waals surface area contributed by atoms with Crippen LogP contribution < -0.4 is 4.74 Å². The van der Waals surface area contributed by atoms with Gasteiger partial charge in [-0.2, -0.15) is 0 Å². The normalized spacial score (nSPS) is 17.7. The van der Waals surface area contributed by atoms with Crippen LogP contribution in [-0.4, -0.2) is 64.5 Å². The van der Waals surface area contributed by atoms with Crippen molar-refractivity contribution >= 4 is 5.91 Å². The number of nitrogens with zero attached hydrogens (tertiary/aromatic N) is 4. The molecule has 1 aliphatic heterocycles. The smallest absolute Gasteiger partial charge is 0.254 e. The largest absolute Gasteiger partial charge is 0.476 e. The van der Waals surface area contributed by atoms with Crippen LogP contribution in [0.4, 0.5) is 0 Å². The first-order valence-corrected chi connectivity index (χ1v) is 8.69. The fourth-order valence-corrected chi connectivity index (χ4v) is 3.04. The van der Waals surface area contributed by atoms with Gasteiger partial charge in [-0.15, -0.1) is 0 Å². The molecular weight excluding hydrogens is 318 g/mol. The van der Waals surface area contributed by atoms with Crippen molar-refractivity contribution in [1.29, 1.82) is 0 Å². The van der Waals surface area contributed by atoms with Crippen molar-refractivity contribution in [3.8, 4) is 5.88 Å². The van der Waals surface area contributed by atoms with Crippen LogP contribution >= 0.6 is 0 Å². The van der Waals surface area contributed by atoms with E-state index in [9.17, 15) is 4.79 Å². The number of nitrogens with one attached hydrogen (secondary N) is 1. The summed E-state index contributed by atoms with van der Waals surface area (Å²) in [6.07, 6.45) is 8.21. The third kappa shape index (κ3) is 4.36. The maximum absolute atomic E-state index is 13.0. The number of likely N-dealkylation sites (N-methyl/N-ethyl adjacent to an activating group) is 1. The Labute approximate surface area is 148 Å². The number of H-pyrrole nitrogens is 1. The number of hydrogen-bond acceptors (Lipinski definition) is 5. The Kier molecular flexibility index (Phi) is 5.65. The summed E-state index contributed by atoms with van der Waals surface area (Å²) >= 11 is 0. The number of carbonyl (C=O) groups is 1. The molecular formula is C18H25N5O2. The van der Waals surface area contributed by atoms with Gasteiger partial charge in [0.15, 0.2) is 0 Å². The van der Waals surface area contributed by atoms with Gasteiger partial charge < -0.3 is 19.5 Å². The van der Waals surface area contributed by atoms with Gasteiger partial charge in [-0.25, -0.2) is 9.97 Å². The van der Waals surface area contributed by atoms with E-state index in [1.165, 1.54) is 0 Å². The minimum Gasteiger partial charge on any atom is -0.476 e. The molecule has 2 aromatic heterocycles. The predicted octanol–water partition coefficient (Wildman–Crippen LogP) is 2.11. The zero-order chi connectivity index (χ0) is 17.6. The number of rotatable bonds is 6. The fraction of sp³-hybridized carbons (Fsp3) is 0.500. The second kappa shape index (κ2) is 8.11. The lowest BCUT2D eigenvalue weighted by atomic mass is 10.0. The van der Waals surface area contributed by atoms with Gasteiger partial charge in [-0.1, -0.05) is 0 Å². The van der Waals surface area contributed by atoms with Gasteiger partial charge in [0, 0.05) is 43.3 Å². The molecule has 3 rings (SSSR count). The summed E-state index contributed by atoms with van der Waals surface area (Å²) < 4.78 is 5.65. The number of hydrogen-bond donors (Lipinski definition) is 1. The monoisotopic (exact) mass is 343 g/mol. The molecule has 2 aromatic rings. The molecule has 1 atom stereocenters. The van der Waals surface area contributed by atoms with E-state index in [4.69, 9.17) is 4.74 Å². The summed E-state index contributed by atoms with van der Waals surface area (Å²) in [4.78, 5) is 28.7. The van der Waals surface area contributed by atoms with Crippen molar-refractivity contribution in [2.45, 2.75) is 25.3 Å². The molecule has 7 nitrogen and oxygen atoms in total. The summed E-state index contributed by atoms with van der Waals surface area (Å²) in [5.41, 5.74) is 0.605. The standard InChI is InChI=1S/C18H25N5O2/c1-22(2)11-12-25-16-13-14(6-7-19-16)18(24)23-10-4-3-5-15(23)17-20-8-9-21-17/h6-9,13,15H,3-5,10-12H2,1-2H3,(H,20,21)/t15-/m1/s1. The van der Waals surface area contributed by atoms with E-state index in [0.717, 1.165) is 38.2 Å². The van der Waals surface area contributed by atoms with Crippen molar-refractivity contribution in [2.24, 2.45) is 0 Å². The fourth-order valence-electron chi connectivity index (χ4n) is 3.04. The molecule has 1 saturated heterocycles. The van der Waals surface area contributed by atoms with Crippen molar-refractivity contribution in [3.63, 3.8) is 0 Å². The third-order valence-electron chi connectivity index (χ3n) is 4.37. The molecule has 1 N–H and O–H groups in total. The lowest BCUT2D eigenvalue weighted by molar-refractivity contribution is 0.0600. The number of aromatic nitrogens is 3. The van der Waals surface area contributed by atoms with E-state index in [1.54, 1.807) is 30.7 Å². The van der Waals surface area contributed by atoms with Gasteiger partial charge in [0.1, 0.15) is 12.4 Å². The van der Waals surface area contributed by atoms with E-state index >= 15 is 0 Å². The summed E-state index contributed by atoms with van der Waals surface area (Å²) in [5, 5.41) is 0. The topological polar surface area (TPSA) is 74.3 Å². The minimum atomic E-state index is 0.000889. The van der Waals surface area contributed by atoms with E-state index in [0.29, 0.717) is 18.1 Å². The summed E-state index contributed by atoms with van der Waals surface area (Å²) in [7, 11) is 3.98. The Bertz CT molecular complexity index is 687. The van der Waals surface area contributed by atoms with Crippen LogP contribution in [0.15, 0.2) is 30.7 Å². The Balaban J connectivity index is 1.72. The highest BCUT2D eigenvalue weighted by Crippen LogP contribution is 2.30. The highest BCUT2D eigenvalue weighted by Gasteiger charge is 2.30. The zero-order valence-corrected chi connectivity index (χ0v) is 14.8. The van der Waals surface area contributed by atoms with Crippen LogP contribution in [0.25, 0.3) is 0 Å². The molecule has 0 spiro atoms. The Hall–Kier alpha value is -2.41. The lowest BCUT2D eigenvalue weighted by Crippen LogP contribution is -2.39. The number of carbonyl (C=O) groups excluding carboxylic acids is 1. The maximum atomic E-state index is 13.0. The van der Waals surface area contributed by atoms with Crippen LogP contribution in [0, 0.1) is 0 Å². The molecule has 0 aromatic carbocycles. The number of pyridine rings is 1. The van der Waals surface area contributed by atoms with Gasteiger partial charge in [0.2, 0.25) is 5.88 Å². The van der Waals surface area contributed by atoms with Crippen molar-refractivity contribution in [3.05, 3.63) is 42.1 Å². The highest BCUT2D eigenvalue weighted by atomic mass is 16.5. The second-order valence-corrected chi connectivity index (χ2v) is 6.52. The molecule has 0 aliphatic carbocycles. The first kappa shape index (κ1) is 17.4. The number of amides is 1. The molecule has 7 heteroatoms. The Morgan fingerprint density at radius 1 is 1.36 bits per heavy atom.